The first-order valence-electron chi connectivity index (χ1n) is 10.1. The monoisotopic (exact) mass is 416 g/mol. The third kappa shape index (κ3) is 5.50. The van der Waals surface area contributed by atoms with E-state index in [0.29, 0.717) is 29.5 Å². The highest BCUT2D eigenvalue weighted by Crippen LogP contribution is 2.24. The Morgan fingerprint density at radius 2 is 1.83 bits per heavy atom. The van der Waals surface area contributed by atoms with Crippen molar-refractivity contribution in [3.8, 4) is 5.75 Å². The SMILES string of the molecule is CCOc1ccc(NS(=O)(=O)c2cccc(C(=O)N[C@@H]3CCCC[C@H]3C)c2)cc1. The van der Waals surface area contributed by atoms with Crippen LogP contribution in [0, 0.1) is 5.92 Å². The van der Waals surface area contributed by atoms with E-state index in [2.05, 4.69) is 17.0 Å². The minimum Gasteiger partial charge on any atom is -0.494 e. The number of hydrogen-bond donors (Lipinski definition) is 2. The van der Waals surface area contributed by atoms with Gasteiger partial charge in [0.1, 0.15) is 5.75 Å². The number of sulfonamides is 1. The maximum atomic E-state index is 12.8. The van der Waals surface area contributed by atoms with E-state index >= 15 is 0 Å². The van der Waals surface area contributed by atoms with Crippen LogP contribution in [0.1, 0.15) is 49.9 Å². The summed E-state index contributed by atoms with van der Waals surface area (Å²) in [6.07, 6.45) is 4.36. The summed E-state index contributed by atoms with van der Waals surface area (Å²) < 4.78 is 33.4. The predicted octanol–water partition coefficient (Wildman–Crippen LogP) is 4.19. The molecule has 29 heavy (non-hydrogen) atoms. The van der Waals surface area contributed by atoms with Gasteiger partial charge >= 0.3 is 0 Å². The largest absolute Gasteiger partial charge is 0.494 e. The molecule has 156 valence electrons. The summed E-state index contributed by atoms with van der Waals surface area (Å²) in [4.78, 5) is 12.7. The van der Waals surface area contributed by atoms with Crippen molar-refractivity contribution >= 4 is 21.6 Å². The number of rotatable bonds is 7. The second-order valence-electron chi connectivity index (χ2n) is 7.43. The average molecular weight is 417 g/mol. The number of carbonyl (C=O) groups excluding carboxylic acids is 1. The number of benzene rings is 2. The van der Waals surface area contributed by atoms with Crippen molar-refractivity contribution in [2.75, 3.05) is 11.3 Å². The lowest BCUT2D eigenvalue weighted by Crippen LogP contribution is -2.41. The van der Waals surface area contributed by atoms with E-state index in [-0.39, 0.29) is 16.8 Å². The summed E-state index contributed by atoms with van der Waals surface area (Å²) in [7, 11) is -3.81. The van der Waals surface area contributed by atoms with Crippen LogP contribution in [0.5, 0.6) is 5.75 Å². The molecule has 0 unspecified atom stereocenters. The lowest BCUT2D eigenvalue weighted by Gasteiger charge is -2.29. The Morgan fingerprint density at radius 1 is 1.10 bits per heavy atom. The fourth-order valence-electron chi connectivity index (χ4n) is 3.59. The lowest BCUT2D eigenvalue weighted by atomic mass is 9.86. The van der Waals surface area contributed by atoms with Gasteiger partial charge in [-0.1, -0.05) is 25.8 Å². The fraction of sp³-hybridized carbons (Fsp3) is 0.409. The molecule has 2 aromatic rings. The fourth-order valence-corrected chi connectivity index (χ4v) is 4.69. The van der Waals surface area contributed by atoms with Crippen LogP contribution < -0.4 is 14.8 Å². The molecule has 2 atom stereocenters. The molecule has 6 nitrogen and oxygen atoms in total. The van der Waals surface area contributed by atoms with E-state index < -0.39 is 10.0 Å². The summed E-state index contributed by atoms with van der Waals surface area (Å²) in [6.45, 7) is 4.57. The molecule has 0 bridgehead atoms. The van der Waals surface area contributed by atoms with Gasteiger partial charge in [-0.2, -0.15) is 0 Å². The zero-order valence-corrected chi connectivity index (χ0v) is 17.7. The van der Waals surface area contributed by atoms with E-state index in [1.165, 1.54) is 18.6 Å². The summed E-state index contributed by atoms with van der Waals surface area (Å²) in [5.41, 5.74) is 0.775. The van der Waals surface area contributed by atoms with E-state index in [1.807, 2.05) is 6.92 Å². The Balaban J connectivity index is 1.72. The minimum absolute atomic E-state index is 0.0516. The quantitative estimate of drug-likeness (QED) is 0.709. The number of nitrogens with one attached hydrogen (secondary N) is 2. The van der Waals surface area contributed by atoms with Crippen LogP contribution in [-0.2, 0) is 10.0 Å². The highest BCUT2D eigenvalue weighted by atomic mass is 32.2. The molecule has 3 rings (SSSR count). The molecular weight excluding hydrogens is 388 g/mol. The number of anilines is 1. The third-order valence-electron chi connectivity index (χ3n) is 5.25. The molecule has 1 saturated carbocycles. The van der Waals surface area contributed by atoms with E-state index in [9.17, 15) is 13.2 Å². The standard InChI is InChI=1S/C22H28N2O4S/c1-3-28-19-13-11-18(12-14-19)24-29(26,27)20-9-6-8-17(15-20)22(25)23-21-10-5-4-7-16(21)2/h6,8-9,11-16,21,24H,3-5,7,10H2,1-2H3,(H,23,25)/t16-,21-/m1/s1. The molecule has 2 aromatic carbocycles. The van der Waals surface area contributed by atoms with Crippen molar-refractivity contribution in [1.82, 2.24) is 5.32 Å². The van der Waals surface area contributed by atoms with Gasteiger partial charge in [0, 0.05) is 17.3 Å². The van der Waals surface area contributed by atoms with Gasteiger partial charge in [0.15, 0.2) is 0 Å². The molecule has 7 heteroatoms. The van der Waals surface area contributed by atoms with Gasteiger partial charge in [-0.25, -0.2) is 8.42 Å². The summed E-state index contributed by atoms with van der Waals surface area (Å²) in [5, 5.41) is 3.06. The van der Waals surface area contributed by atoms with E-state index in [4.69, 9.17) is 4.74 Å². The first-order chi connectivity index (χ1) is 13.9. The van der Waals surface area contributed by atoms with Crippen molar-refractivity contribution < 1.29 is 17.9 Å². The normalized spacial score (nSPS) is 19.4. The molecule has 1 aliphatic carbocycles. The van der Waals surface area contributed by atoms with Crippen molar-refractivity contribution in [3.05, 3.63) is 54.1 Å². The summed E-state index contributed by atoms with van der Waals surface area (Å²) in [5.74, 6) is 0.869. The van der Waals surface area contributed by atoms with Crippen molar-refractivity contribution in [1.29, 1.82) is 0 Å². The van der Waals surface area contributed by atoms with Crippen LogP contribution in [0.3, 0.4) is 0 Å². The highest BCUT2D eigenvalue weighted by molar-refractivity contribution is 7.92. The van der Waals surface area contributed by atoms with Gasteiger partial charge in [-0.15, -0.1) is 0 Å². The van der Waals surface area contributed by atoms with Crippen LogP contribution in [0.25, 0.3) is 0 Å². The highest BCUT2D eigenvalue weighted by Gasteiger charge is 2.24. The maximum Gasteiger partial charge on any atom is 0.261 e. The van der Waals surface area contributed by atoms with Crippen LogP contribution in [0.4, 0.5) is 5.69 Å². The molecule has 2 N–H and O–H groups in total. The first-order valence-corrected chi connectivity index (χ1v) is 11.5. The topological polar surface area (TPSA) is 84.5 Å². The predicted molar refractivity (Wildman–Crippen MR) is 114 cm³/mol. The average Bonchev–Trinajstić information content (AvgIpc) is 2.71. The lowest BCUT2D eigenvalue weighted by molar-refractivity contribution is 0.0910. The molecule has 0 aromatic heterocycles. The molecule has 1 amide bonds. The van der Waals surface area contributed by atoms with Gasteiger partial charge in [0.05, 0.1) is 11.5 Å². The van der Waals surface area contributed by atoms with Crippen LogP contribution >= 0.6 is 0 Å². The van der Waals surface area contributed by atoms with E-state index in [0.717, 1.165) is 19.3 Å². The van der Waals surface area contributed by atoms with Gasteiger partial charge in [-0.3, -0.25) is 9.52 Å². The number of ether oxygens (including phenoxy) is 1. The molecule has 1 fully saturated rings. The van der Waals surface area contributed by atoms with E-state index in [1.54, 1.807) is 36.4 Å². The Labute approximate surface area is 172 Å². The molecular formula is C22H28N2O4S. The molecule has 0 aliphatic heterocycles. The third-order valence-corrected chi connectivity index (χ3v) is 6.63. The van der Waals surface area contributed by atoms with Crippen molar-refractivity contribution in [2.45, 2.75) is 50.5 Å². The number of hydrogen-bond acceptors (Lipinski definition) is 4. The first kappa shape index (κ1) is 21.2. The van der Waals surface area contributed by atoms with Crippen LogP contribution in [0.15, 0.2) is 53.4 Å². The van der Waals surface area contributed by atoms with Crippen molar-refractivity contribution in [2.24, 2.45) is 5.92 Å². The number of carbonyl (C=O) groups is 1. The minimum atomic E-state index is -3.81. The molecule has 1 aliphatic rings. The second-order valence-corrected chi connectivity index (χ2v) is 9.11. The molecule has 0 radical (unpaired) electrons. The summed E-state index contributed by atoms with van der Waals surface area (Å²) >= 11 is 0. The Bertz CT molecular complexity index is 942. The van der Waals surface area contributed by atoms with Crippen LogP contribution in [0.2, 0.25) is 0 Å². The van der Waals surface area contributed by atoms with Gasteiger partial charge in [0.25, 0.3) is 15.9 Å². The Kier molecular flexibility index (Phi) is 6.79. The molecule has 0 spiro atoms. The van der Waals surface area contributed by atoms with Gasteiger partial charge in [-0.05, 0) is 68.1 Å². The smallest absolute Gasteiger partial charge is 0.261 e. The Morgan fingerprint density at radius 3 is 2.52 bits per heavy atom. The van der Waals surface area contributed by atoms with Gasteiger partial charge in [0.2, 0.25) is 0 Å². The number of amides is 1. The van der Waals surface area contributed by atoms with Crippen molar-refractivity contribution in [3.63, 3.8) is 0 Å². The zero-order valence-electron chi connectivity index (χ0n) is 16.9. The second kappa shape index (κ2) is 9.31. The van der Waals surface area contributed by atoms with Gasteiger partial charge < -0.3 is 10.1 Å². The molecule has 0 saturated heterocycles. The van der Waals surface area contributed by atoms with Crippen LogP contribution in [-0.4, -0.2) is 27.0 Å². The maximum absolute atomic E-state index is 12.8. The zero-order chi connectivity index (χ0) is 20.9. The molecule has 0 heterocycles. The Hall–Kier alpha value is -2.54. The summed E-state index contributed by atoms with van der Waals surface area (Å²) in [6, 6.07) is 13.0.